The fraction of sp³-hybridized carbons (Fsp3) is 0.423. The van der Waals surface area contributed by atoms with Crippen LogP contribution in [0.3, 0.4) is 0 Å². The SMILES string of the molecule is NCCOCCOCCNC(=O)c1ccc(CNc2nc(NCCCO)nc(NCc3ccccn3)n2)cc1. The quantitative estimate of drug-likeness (QED) is 0.119. The van der Waals surface area contributed by atoms with E-state index in [-0.39, 0.29) is 12.5 Å². The van der Waals surface area contributed by atoms with Crippen LogP contribution >= 0.6 is 0 Å². The van der Waals surface area contributed by atoms with Gasteiger partial charge >= 0.3 is 0 Å². The second-order valence-corrected chi connectivity index (χ2v) is 8.30. The van der Waals surface area contributed by atoms with Crippen LogP contribution < -0.4 is 27.0 Å². The Balaban J connectivity index is 1.49. The first-order valence-electron chi connectivity index (χ1n) is 12.9. The zero-order valence-electron chi connectivity index (χ0n) is 21.9. The molecule has 1 amide bonds. The number of pyridine rings is 1. The van der Waals surface area contributed by atoms with E-state index in [9.17, 15) is 4.79 Å². The number of carbonyl (C=O) groups is 1. The molecule has 210 valence electrons. The molecule has 0 aliphatic carbocycles. The fourth-order valence-corrected chi connectivity index (χ4v) is 3.26. The maximum Gasteiger partial charge on any atom is 0.251 e. The van der Waals surface area contributed by atoms with Gasteiger partial charge in [0.25, 0.3) is 5.91 Å². The van der Waals surface area contributed by atoms with E-state index in [1.54, 1.807) is 18.3 Å². The average Bonchev–Trinajstić information content (AvgIpc) is 2.97. The Kier molecular flexibility index (Phi) is 13.4. The number of nitrogens with two attached hydrogens (primary N) is 1. The maximum absolute atomic E-state index is 12.4. The van der Waals surface area contributed by atoms with E-state index in [1.165, 1.54) is 0 Å². The number of nitrogens with zero attached hydrogens (tertiary/aromatic N) is 4. The Bertz CT molecular complexity index is 1100. The summed E-state index contributed by atoms with van der Waals surface area (Å²) in [6.07, 6.45) is 2.30. The van der Waals surface area contributed by atoms with Gasteiger partial charge in [0.05, 0.1) is 38.7 Å². The third-order valence-corrected chi connectivity index (χ3v) is 5.24. The van der Waals surface area contributed by atoms with Crippen molar-refractivity contribution in [1.82, 2.24) is 25.3 Å². The molecule has 39 heavy (non-hydrogen) atoms. The summed E-state index contributed by atoms with van der Waals surface area (Å²) in [6.45, 7) is 4.25. The van der Waals surface area contributed by atoms with Crippen LogP contribution in [0.4, 0.5) is 17.8 Å². The molecule has 3 rings (SSSR count). The summed E-state index contributed by atoms with van der Waals surface area (Å²) in [4.78, 5) is 29.9. The topological polar surface area (TPSA) is 181 Å². The van der Waals surface area contributed by atoms with Crippen LogP contribution in [0.15, 0.2) is 48.7 Å². The summed E-state index contributed by atoms with van der Waals surface area (Å²) < 4.78 is 10.6. The first-order valence-corrected chi connectivity index (χ1v) is 12.9. The number of ether oxygens (including phenoxy) is 2. The van der Waals surface area contributed by atoms with Crippen molar-refractivity contribution >= 4 is 23.8 Å². The first kappa shape index (κ1) is 29.6. The van der Waals surface area contributed by atoms with Gasteiger partial charge in [-0.15, -0.1) is 0 Å². The van der Waals surface area contributed by atoms with Crippen molar-refractivity contribution < 1.29 is 19.4 Å². The van der Waals surface area contributed by atoms with Gasteiger partial charge in [-0.3, -0.25) is 9.78 Å². The molecule has 7 N–H and O–H groups in total. The molecule has 13 heteroatoms. The van der Waals surface area contributed by atoms with Crippen LogP contribution in [-0.4, -0.2) is 83.6 Å². The monoisotopic (exact) mass is 539 g/mol. The van der Waals surface area contributed by atoms with E-state index in [0.29, 0.717) is 89.0 Å². The number of benzene rings is 1. The van der Waals surface area contributed by atoms with Crippen molar-refractivity contribution in [2.24, 2.45) is 5.73 Å². The number of aromatic nitrogens is 4. The van der Waals surface area contributed by atoms with E-state index in [1.807, 2.05) is 30.3 Å². The van der Waals surface area contributed by atoms with Gasteiger partial charge in [0.15, 0.2) is 0 Å². The number of rotatable bonds is 19. The first-order chi connectivity index (χ1) is 19.2. The van der Waals surface area contributed by atoms with Crippen LogP contribution in [0, 0.1) is 0 Å². The number of hydrogen-bond donors (Lipinski definition) is 6. The lowest BCUT2D eigenvalue weighted by Gasteiger charge is -2.11. The molecule has 0 saturated heterocycles. The molecule has 0 bridgehead atoms. The molecule has 0 radical (unpaired) electrons. The Morgan fingerprint density at radius 1 is 0.821 bits per heavy atom. The Labute approximate surface area is 228 Å². The Morgan fingerprint density at radius 3 is 2.18 bits per heavy atom. The second kappa shape index (κ2) is 17.6. The number of carbonyl (C=O) groups excluding carboxylic acids is 1. The van der Waals surface area contributed by atoms with Gasteiger partial charge in [-0.1, -0.05) is 18.2 Å². The molecule has 0 aliphatic heterocycles. The van der Waals surface area contributed by atoms with E-state index in [4.69, 9.17) is 20.3 Å². The highest BCUT2D eigenvalue weighted by atomic mass is 16.5. The van der Waals surface area contributed by atoms with Crippen LogP contribution in [0.1, 0.15) is 28.0 Å². The molecule has 1 aromatic carbocycles. The third-order valence-electron chi connectivity index (χ3n) is 5.24. The van der Waals surface area contributed by atoms with E-state index in [0.717, 1.165) is 11.3 Å². The summed E-state index contributed by atoms with van der Waals surface area (Å²) in [5, 5.41) is 21.4. The molecule has 0 spiro atoms. The second-order valence-electron chi connectivity index (χ2n) is 8.30. The standard InChI is InChI=1S/C26H37N9O4/c27-9-14-38-16-17-39-15-12-29-23(37)21-7-5-20(6-8-21)18-31-25-33-24(30-11-3-13-36)34-26(35-25)32-19-22-4-1-2-10-28-22/h1-2,4-8,10,36H,3,9,11-19,27H2,(H,29,37)(H3,30,31,32,33,34,35). The van der Waals surface area contributed by atoms with E-state index in [2.05, 4.69) is 41.2 Å². The molecule has 0 unspecified atom stereocenters. The molecule has 2 heterocycles. The van der Waals surface area contributed by atoms with Gasteiger partial charge in [-0.05, 0) is 36.2 Å². The minimum absolute atomic E-state index is 0.0703. The van der Waals surface area contributed by atoms with Gasteiger partial charge < -0.3 is 41.6 Å². The zero-order chi connectivity index (χ0) is 27.5. The summed E-state index contributed by atoms with van der Waals surface area (Å²) in [5.41, 5.74) is 7.71. The van der Waals surface area contributed by atoms with Crippen LogP contribution in [0.5, 0.6) is 0 Å². The molecule has 0 aliphatic rings. The lowest BCUT2D eigenvalue weighted by molar-refractivity contribution is 0.0511. The van der Waals surface area contributed by atoms with Crippen molar-refractivity contribution in [3.8, 4) is 0 Å². The third kappa shape index (κ3) is 11.6. The summed E-state index contributed by atoms with van der Waals surface area (Å²) in [6, 6.07) is 13.0. The molecule has 2 aromatic heterocycles. The number of aliphatic hydroxyl groups is 1. The molecular formula is C26H37N9O4. The predicted octanol–water partition coefficient (Wildman–Crippen LogP) is 1.01. The number of anilines is 3. The highest BCUT2D eigenvalue weighted by Gasteiger charge is 2.08. The summed E-state index contributed by atoms with van der Waals surface area (Å²) in [7, 11) is 0. The Morgan fingerprint density at radius 2 is 1.51 bits per heavy atom. The normalized spacial score (nSPS) is 10.7. The highest BCUT2D eigenvalue weighted by molar-refractivity contribution is 5.94. The van der Waals surface area contributed by atoms with Crippen LogP contribution in [-0.2, 0) is 22.6 Å². The largest absolute Gasteiger partial charge is 0.396 e. The minimum atomic E-state index is -0.169. The van der Waals surface area contributed by atoms with Gasteiger partial charge in [0.1, 0.15) is 0 Å². The molecule has 0 atom stereocenters. The van der Waals surface area contributed by atoms with Crippen molar-refractivity contribution in [2.45, 2.75) is 19.5 Å². The fourth-order valence-electron chi connectivity index (χ4n) is 3.26. The van der Waals surface area contributed by atoms with Gasteiger partial charge in [-0.2, -0.15) is 15.0 Å². The lowest BCUT2D eigenvalue weighted by Crippen LogP contribution is -2.27. The van der Waals surface area contributed by atoms with Crippen molar-refractivity contribution in [3.05, 3.63) is 65.5 Å². The van der Waals surface area contributed by atoms with Crippen LogP contribution in [0.2, 0.25) is 0 Å². The highest BCUT2D eigenvalue weighted by Crippen LogP contribution is 2.12. The number of amides is 1. The van der Waals surface area contributed by atoms with E-state index < -0.39 is 0 Å². The molecule has 0 saturated carbocycles. The van der Waals surface area contributed by atoms with Crippen LogP contribution in [0.25, 0.3) is 0 Å². The summed E-state index contributed by atoms with van der Waals surface area (Å²) >= 11 is 0. The minimum Gasteiger partial charge on any atom is -0.396 e. The molecule has 3 aromatic rings. The lowest BCUT2D eigenvalue weighted by atomic mass is 10.1. The van der Waals surface area contributed by atoms with Gasteiger partial charge in [0.2, 0.25) is 17.8 Å². The smallest absolute Gasteiger partial charge is 0.251 e. The van der Waals surface area contributed by atoms with Crippen molar-refractivity contribution in [3.63, 3.8) is 0 Å². The number of hydrogen-bond acceptors (Lipinski definition) is 12. The molecule has 0 fully saturated rings. The van der Waals surface area contributed by atoms with Gasteiger partial charge in [-0.25, -0.2) is 0 Å². The van der Waals surface area contributed by atoms with Crippen molar-refractivity contribution in [2.75, 3.05) is 68.6 Å². The predicted molar refractivity (Wildman–Crippen MR) is 148 cm³/mol. The molecular weight excluding hydrogens is 502 g/mol. The van der Waals surface area contributed by atoms with Crippen molar-refractivity contribution in [1.29, 1.82) is 0 Å². The van der Waals surface area contributed by atoms with E-state index >= 15 is 0 Å². The zero-order valence-corrected chi connectivity index (χ0v) is 21.9. The number of nitrogens with one attached hydrogen (secondary N) is 4. The summed E-state index contributed by atoms with van der Waals surface area (Å²) in [5.74, 6) is 1.000. The van der Waals surface area contributed by atoms with Gasteiger partial charge in [0, 0.05) is 44.5 Å². The maximum atomic E-state index is 12.4. The number of aliphatic hydroxyl groups excluding tert-OH is 1. The Hall–Kier alpha value is -3.91. The average molecular weight is 540 g/mol. The molecule has 13 nitrogen and oxygen atoms in total.